The largest absolute Gasteiger partial charge is 0.248 e. The van der Waals surface area contributed by atoms with E-state index in [1.54, 1.807) is 6.08 Å². The van der Waals surface area contributed by atoms with E-state index in [0.29, 0.717) is 0 Å². The highest BCUT2D eigenvalue weighted by Gasteiger charge is 2.17. The van der Waals surface area contributed by atoms with Crippen molar-refractivity contribution in [2.75, 3.05) is 0 Å². The molecule has 0 spiro atoms. The van der Waals surface area contributed by atoms with Gasteiger partial charge in [0.2, 0.25) is 5.92 Å². The summed E-state index contributed by atoms with van der Waals surface area (Å²) in [6, 6.07) is 0. The summed E-state index contributed by atoms with van der Waals surface area (Å²) >= 11 is 0. The van der Waals surface area contributed by atoms with E-state index in [9.17, 15) is 8.78 Å². The fourth-order valence-electron chi connectivity index (χ4n) is 0.835. The van der Waals surface area contributed by atoms with Crippen molar-refractivity contribution in [1.82, 2.24) is 0 Å². The van der Waals surface area contributed by atoms with Gasteiger partial charge in [-0.1, -0.05) is 30.7 Å². The molecule has 0 saturated heterocycles. The fourth-order valence-corrected chi connectivity index (χ4v) is 0.835. The summed E-state index contributed by atoms with van der Waals surface area (Å²) in [7, 11) is 0. The van der Waals surface area contributed by atoms with Gasteiger partial charge < -0.3 is 0 Å². The van der Waals surface area contributed by atoms with Crippen molar-refractivity contribution >= 4 is 0 Å². The first-order valence-electron chi connectivity index (χ1n) is 4.19. The van der Waals surface area contributed by atoms with Crippen LogP contribution in [0.4, 0.5) is 8.78 Å². The average molecular weight is 174 g/mol. The fraction of sp³-hybridized carbons (Fsp3) is 0.600. The summed E-state index contributed by atoms with van der Waals surface area (Å²) in [5.74, 6) is -2.58. The molecule has 0 aromatic rings. The van der Waals surface area contributed by atoms with E-state index in [0.717, 1.165) is 18.9 Å². The minimum atomic E-state index is -2.58. The van der Waals surface area contributed by atoms with Crippen molar-refractivity contribution in [3.05, 3.63) is 23.8 Å². The van der Waals surface area contributed by atoms with Crippen molar-refractivity contribution in [1.29, 1.82) is 0 Å². The number of hydrogen-bond acceptors (Lipinski definition) is 0. The molecule has 0 N–H and O–H groups in total. The highest BCUT2D eigenvalue weighted by Crippen LogP contribution is 2.17. The number of alkyl halides is 2. The third kappa shape index (κ3) is 6.08. The summed E-state index contributed by atoms with van der Waals surface area (Å²) in [4.78, 5) is 0. The Balaban J connectivity index is 3.92. The van der Waals surface area contributed by atoms with E-state index in [1.165, 1.54) is 6.08 Å². The zero-order valence-corrected chi connectivity index (χ0v) is 7.90. The maximum Gasteiger partial charge on any atom is 0.248 e. The van der Waals surface area contributed by atoms with Gasteiger partial charge in [0.25, 0.3) is 0 Å². The van der Waals surface area contributed by atoms with Crippen LogP contribution >= 0.6 is 0 Å². The number of hydrogen-bond donors (Lipinski definition) is 0. The molecule has 0 aliphatic heterocycles. The Morgan fingerprint density at radius 2 is 2.00 bits per heavy atom. The molecule has 0 saturated carbocycles. The van der Waals surface area contributed by atoms with E-state index in [1.807, 2.05) is 19.9 Å². The molecule has 12 heavy (non-hydrogen) atoms. The van der Waals surface area contributed by atoms with Gasteiger partial charge in [0, 0.05) is 6.42 Å². The van der Waals surface area contributed by atoms with E-state index < -0.39 is 5.92 Å². The predicted molar refractivity (Wildman–Crippen MR) is 48.4 cm³/mol. The Morgan fingerprint density at radius 1 is 1.42 bits per heavy atom. The Morgan fingerprint density at radius 3 is 2.33 bits per heavy atom. The number of rotatable bonds is 4. The van der Waals surface area contributed by atoms with E-state index in [2.05, 4.69) is 0 Å². The molecule has 0 amide bonds. The molecular weight excluding hydrogens is 158 g/mol. The highest BCUT2D eigenvalue weighted by molar-refractivity contribution is 5.17. The van der Waals surface area contributed by atoms with E-state index in [4.69, 9.17) is 0 Å². The third-order valence-corrected chi connectivity index (χ3v) is 1.59. The second kappa shape index (κ2) is 5.07. The van der Waals surface area contributed by atoms with Crippen LogP contribution in [-0.2, 0) is 0 Å². The van der Waals surface area contributed by atoms with Crippen LogP contribution in [0.1, 0.15) is 33.6 Å². The van der Waals surface area contributed by atoms with Crippen molar-refractivity contribution in [3.63, 3.8) is 0 Å². The minimum absolute atomic E-state index is 0.176. The van der Waals surface area contributed by atoms with E-state index >= 15 is 0 Å². The van der Waals surface area contributed by atoms with Gasteiger partial charge in [0.05, 0.1) is 0 Å². The van der Waals surface area contributed by atoms with Crippen LogP contribution in [0, 0.1) is 0 Å². The van der Waals surface area contributed by atoms with Gasteiger partial charge in [0.1, 0.15) is 0 Å². The molecule has 0 aliphatic rings. The monoisotopic (exact) mass is 174 g/mol. The van der Waals surface area contributed by atoms with E-state index in [-0.39, 0.29) is 6.42 Å². The SMILES string of the molecule is C/C=C(\C=C/CC(C)(F)F)CC. The molecule has 0 nitrogen and oxygen atoms in total. The zero-order valence-electron chi connectivity index (χ0n) is 7.90. The average Bonchev–Trinajstić information content (AvgIpc) is 1.96. The maximum atomic E-state index is 12.3. The second-order valence-corrected chi connectivity index (χ2v) is 2.89. The van der Waals surface area contributed by atoms with Crippen LogP contribution in [0.15, 0.2) is 23.8 Å². The van der Waals surface area contributed by atoms with Gasteiger partial charge >= 0.3 is 0 Å². The Labute approximate surface area is 73.0 Å². The topological polar surface area (TPSA) is 0 Å². The summed E-state index contributed by atoms with van der Waals surface area (Å²) < 4.78 is 24.6. The summed E-state index contributed by atoms with van der Waals surface area (Å²) in [6.45, 7) is 4.84. The maximum absolute atomic E-state index is 12.3. The normalized spacial score (nSPS) is 14.2. The lowest BCUT2D eigenvalue weighted by molar-refractivity contribution is 0.0255. The van der Waals surface area contributed by atoms with Crippen molar-refractivity contribution in [3.8, 4) is 0 Å². The van der Waals surface area contributed by atoms with Crippen LogP contribution in [-0.4, -0.2) is 5.92 Å². The lowest BCUT2D eigenvalue weighted by Crippen LogP contribution is -2.06. The van der Waals surface area contributed by atoms with Crippen LogP contribution in [0.5, 0.6) is 0 Å². The molecule has 0 fully saturated rings. The molecule has 0 bridgehead atoms. The van der Waals surface area contributed by atoms with Crippen LogP contribution in [0.3, 0.4) is 0 Å². The van der Waals surface area contributed by atoms with Crippen molar-refractivity contribution in [2.45, 2.75) is 39.5 Å². The van der Waals surface area contributed by atoms with Gasteiger partial charge in [-0.3, -0.25) is 0 Å². The number of allylic oxidation sites excluding steroid dienone is 4. The van der Waals surface area contributed by atoms with Gasteiger partial charge in [-0.25, -0.2) is 8.78 Å². The van der Waals surface area contributed by atoms with Gasteiger partial charge in [-0.05, 0) is 20.3 Å². The molecule has 0 atom stereocenters. The molecule has 2 heteroatoms. The highest BCUT2D eigenvalue weighted by atomic mass is 19.3. The lowest BCUT2D eigenvalue weighted by atomic mass is 10.1. The molecule has 0 rings (SSSR count). The standard InChI is InChI=1S/C10H16F2/c1-4-9(5-2)7-6-8-10(3,11)12/h4,6-7H,5,8H2,1-3H3/b7-6-,9-4-. The smallest absolute Gasteiger partial charge is 0.207 e. The Hall–Kier alpha value is -0.660. The molecule has 0 aromatic heterocycles. The Bertz CT molecular complexity index is 173. The summed E-state index contributed by atoms with van der Waals surface area (Å²) in [5.41, 5.74) is 1.10. The Kier molecular flexibility index (Phi) is 4.79. The van der Waals surface area contributed by atoms with Crippen LogP contribution in [0.2, 0.25) is 0 Å². The molecular formula is C10H16F2. The summed E-state index contributed by atoms with van der Waals surface area (Å²) in [6.07, 6.45) is 5.94. The second-order valence-electron chi connectivity index (χ2n) is 2.89. The molecule has 0 aliphatic carbocycles. The molecule has 70 valence electrons. The van der Waals surface area contributed by atoms with Crippen LogP contribution < -0.4 is 0 Å². The van der Waals surface area contributed by atoms with Gasteiger partial charge in [0.15, 0.2) is 0 Å². The minimum Gasteiger partial charge on any atom is -0.207 e. The predicted octanol–water partition coefficient (Wildman–Crippen LogP) is 3.94. The van der Waals surface area contributed by atoms with Gasteiger partial charge in [-0.2, -0.15) is 0 Å². The lowest BCUT2D eigenvalue weighted by Gasteiger charge is -2.05. The first kappa shape index (κ1) is 11.3. The molecule has 0 unspecified atom stereocenters. The quantitative estimate of drug-likeness (QED) is 0.566. The van der Waals surface area contributed by atoms with Gasteiger partial charge in [-0.15, -0.1) is 0 Å². The number of halogens is 2. The molecule has 0 aromatic carbocycles. The molecule has 0 heterocycles. The van der Waals surface area contributed by atoms with Crippen molar-refractivity contribution in [2.24, 2.45) is 0 Å². The summed E-state index contributed by atoms with van der Waals surface area (Å²) in [5, 5.41) is 0. The third-order valence-electron chi connectivity index (χ3n) is 1.59. The first-order valence-corrected chi connectivity index (χ1v) is 4.19. The van der Waals surface area contributed by atoms with Crippen molar-refractivity contribution < 1.29 is 8.78 Å². The molecule has 0 radical (unpaired) electrons. The first-order chi connectivity index (χ1) is 5.49. The zero-order chi connectivity index (χ0) is 9.61. The van der Waals surface area contributed by atoms with Crippen LogP contribution in [0.25, 0.3) is 0 Å².